The van der Waals surface area contributed by atoms with E-state index in [4.69, 9.17) is 0 Å². The Labute approximate surface area is 152 Å². The predicted molar refractivity (Wildman–Crippen MR) is 79.2 cm³/mol. The van der Waals surface area contributed by atoms with E-state index in [-0.39, 0.29) is 6.42 Å². The van der Waals surface area contributed by atoms with Crippen LogP contribution in [-0.2, 0) is 14.3 Å². The quantitative estimate of drug-likeness (QED) is 0.555. The van der Waals surface area contributed by atoms with E-state index in [1.165, 1.54) is 20.8 Å². The molecular formula is C16H23F7O4. The summed E-state index contributed by atoms with van der Waals surface area (Å²) in [5.74, 6) is -17.2. The summed E-state index contributed by atoms with van der Waals surface area (Å²) in [7, 11) is 0. The topological polar surface area (TPSA) is 55.8 Å². The molecule has 4 nitrogen and oxygen atoms in total. The summed E-state index contributed by atoms with van der Waals surface area (Å²) in [6.45, 7) is 6.87. The zero-order chi connectivity index (χ0) is 21.9. The van der Waals surface area contributed by atoms with Crippen LogP contribution in [0.5, 0.6) is 0 Å². The molecule has 1 aliphatic heterocycles. The molecule has 1 aliphatic rings. The molecule has 0 aliphatic carbocycles. The maximum absolute atomic E-state index is 14.7. The minimum absolute atomic E-state index is 0.0154. The maximum Gasteiger partial charge on any atom is 0.449 e. The number of ether oxygens (including phenoxy) is 2. The minimum atomic E-state index is -6.14. The number of aliphatic hydroxyl groups is 1. The fourth-order valence-electron chi connectivity index (χ4n) is 2.46. The monoisotopic (exact) mass is 412 g/mol. The number of hydrogen-bond acceptors (Lipinski definition) is 4. The van der Waals surface area contributed by atoms with Crippen LogP contribution >= 0.6 is 0 Å². The molecule has 1 fully saturated rings. The van der Waals surface area contributed by atoms with Crippen molar-refractivity contribution in [2.24, 2.45) is 10.8 Å². The van der Waals surface area contributed by atoms with Gasteiger partial charge < -0.3 is 14.6 Å². The van der Waals surface area contributed by atoms with E-state index in [0.717, 1.165) is 20.8 Å². The van der Waals surface area contributed by atoms with Crippen LogP contribution in [0.15, 0.2) is 0 Å². The number of halogens is 7. The second-order valence-corrected chi connectivity index (χ2v) is 8.33. The Hall–Kier alpha value is -1.10. The first kappa shape index (κ1) is 23.9. The Morgan fingerprint density at radius 1 is 1.07 bits per heavy atom. The maximum atomic E-state index is 14.7. The van der Waals surface area contributed by atoms with Gasteiger partial charge in [-0.3, -0.25) is 4.79 Å². The molecule has 27 heavy (non-hydrogen) atoms. The molecule has 0 aromatic heterocycles. The first-order chi connectivity index (χ1) is 11.7. The molecule has 0 saturated carbocycles. The first-order valence-electron chi connectivity index (χ1n) is 8.10. The van der Waals surface area contributed by atoms with Gasteiger partial charge in [-0.2, -0.15) is 30.7 Å². The fourth-order valence-corrected chi connectivity index (χ4v) is 2.46. The summed E-state index contributed by atoms with van der Waals surface area (Å²) in [5.41, 5.74) is -3.33. The summed E-state index contributed by atoms with van der Waals surface area (Å²) in [6, 6.07) is 0. The Kier molecular flexibility index (Phi) is 5.73. The van der Waals surface area contributed by atoms with Crippen molar-refractivity contribution in [1.29, 1.82) is 0 Å². The van der Waals surface area contributed by atoms with E-state index < -0.39 is 52.8 Å². The Morgan fingerprint density at radius 2 is 1.52 bits per heavy atom. The Morgan fingerprint density at radius 3 is 1.85 bits per heavy atom. The third kappa shape index (κ3) is 3.76. The molecule has 0 aromatic carbocycles. The van der Waals surface area contributed by atoms with Crippen LogP contribution in [0.1, 0.15) is 48.0 Å². The lowest BCUT2D eigenvalue weighted by atomic mass is 9.78. The number of alkyl halides is 7. The lowest BCUT2D eigenvalue weighted by molar-refractivity contribution is -0.502. The van der Waals surface area contributed by atoms with Crippen LogP contribution in [-0.4, -0.2) is 47.1 Å². The van der Waals surface area contributed by atoms with Gasteiger partial charge in [0.25, 0.3) is 0 Å². The second kappa shape index (κ2) is 6.47. The molecular weight excluding hydrogens is 389 g/mol. The van der Waals surface area contributed by atoms with Crippen LogP contribution in [0.2, 0.25) is 0 Å². The molecule has 0 amide bonds. The molecule has 160 valence electrons. The van der Waals surface area contributed by atoms with E-state index in [1.807, 2.05) is 0 Å². The average Bonchev–Trinajstić information content (AvgIpc) is 2.45. The van der Waals surface area contributed by atoms with E-state index in [0.29, 0.717) is 0 Å². The van der Waals surface area contributed by atoms with E-state index >= 15 is 0 Å². The fraction of sp³-hybridized carbons (Fsp3) is 0.938. The highest BCUT2D eigenvalue weighted by molar-refractivity contribution is 5.76. The molecule has 1 rings (SSSR count). The molecule has 3 unspecified atom stereocenters. The molecule has 1 N–H and O–H groups in total. The van der Waals surface area contributed by atoms with Crippen molar-refractivity contribution in [2.45, 2.75) is 84.0 Å². The average molecular weight is 412 g/mol. The highest BCUT2D eigenvalue weighted by Crippen LogP contribution is 2.57. The number of carbonyl (C=O) groups is 1. The molecule has 0 aromatic rings. The third-order valence-corrected chi connectivity index (χ3v) is 4.60. The van der Waals surface area contributed by atoms with Gasteiger partial charge in [-0.05, 0) is 25.7 Å². The smallest absolute Gasteiger partial charge is 0.449 e. The number of hydrogen-bond donors (Lipinski definition) is 1. The Bertz CT molecular complexity index is 580. The van der Waals surface area contributed by atoms with Crippen molar-refractivity contribution in [1.82, 2.24) is 0 Å². The normalized spacial score (nSPS) is 31.5. The molecule has 0 bridgehead atoms. The first-order valence-corrected chi connectivity index (χ1v) is 8.10. The highest BCUT2D eigenvalue weighted by atomic mass is 19.4. The van der Waals surface area contributed by atoms with Crippen molar-refractivity contribution in [3.63, 3.8) is 0 Å². The summed E-state index contributed by atoms with van der Waals surface area (Å²) in [5, 5.41) is 9.62. The number of carbonyl (C=O) groups excluding carboxylic acids is 1. The number of rotatable bonds is 3. The third-order valence-electron chi connectivity index (χ3n) is 4.60. The van der Waals surface area contributed by atoms with Crippen molar-refractivity contribution in [2.75, 3.05) is 0 Å². The van der Waals surface area contributed by atoms with Crippen molar-refractivity contribution >= 4 is 5.97 Å². The largest absolute Gasteiger partial charge is 0.449 e. The number of esters is 1. The van der Waals surface area contributed by atoms with Crippen LogP contribution in [0, 0.1) is 10.8 Å². The van der Waals surface area contributed by atoms with Crippen molar-refractivity contribution < 1.29 is 50.1 Å². The summed E-state index contributed by atoms with van der Waals surface area (Å²) >= 11 is 0. The summed E-state index contributed by atoms with van der Waals surface area (Å²) < 4.78 is 106. The van der Waals surface area contributed by atoms with Crippen LogP contribution in [0.25, 0.3) is 0 Å². The molecule has 3 atom stereocenters. The summed E-state index contributed by atoms with van der Waals surface area (Å²) in [4.78, 5) is 12.1. The van der Waals surface area contributed by atoms with E-state index in [2.05, 4.69) is 9.47 Å². The molecule has 0 spiro atoms. The van der Waals surface area contributed by atoms with Gasteiger partial charge in [-0.25, -0.2) is 0 Å². The lowest BCUT2D eigenvalue weighted by Gasteiger charge is -2.53. The molecule has 1 saturated heterocycles. The van der Waals surface area contributed by atoms with E-state index in [9.17, 15) is 40.6 Å². The van der Waals surface area contributed by atoms with Gasteiger partial charge in [0.05, 0.1) is 5.41 Å². The van der Waals surface area contributed by atoms with Gasteiger partial charge in [-0.15, -0.1) is 0 Å². The van der Waals surface area contributed by atoms with Crippen LogP contribution in [0.4, 0.5) is 30.7 Å². The van der Waals surface area contributed by atoms with E-state index in [1.54, 1.807) is 0 Å². The van der Waals surface area contributed by atoms with Gasteiger partial charge >= 0.3 is 29.8 Å². The van der Waals surface area contributed by atoms with Crippen molar-refractivity contribution in [3.05, 3.63) is 0 Å². The molecule has 0 radical (unpaired) electrons. The SMILES string of the molecule is CCC(C)(C)C(=O)OC1C(F)(F)C(C(C)(C)C)OC(O)(C(F)(F)F)C1(F)F. The summed E-state index contributed by atoms with van der Waals surface area (Å²) in [6.07, 6.45) is -12.9. The lowest BCUT2D eigenvalue weighted by Crippen LogP contribution is -2.78. The van der Waals surface area contributed by atoms with Gasteiger partial charge in [0.15, 0.2) is 0 Å². The molecule has 1 heterocycles. The van der Waals surface area contributed by atoms with Gasteiger partial charge in [0.2, 0.25) is 6.10 Å². The minimum Gasteiger partial charge on any atom is -0.449 e. The van der Waals surface area contributed by atoms with Crippen LogP contribution in [0.3, 0.4) is 0 Å². The van der Waals surface area contributed by atoms with Gasteiger partial charge in [0.1, 0.15) is 6.10 Å². The standard InChI is InChI=1S/C16H23F7O4/c1-7-12(5,6)10(24)26-9-13(17,18)8(11(2,3)4)27-15(25,14(9,19)20)16(21,22)23/h8-9,25H,7H2,1-6H3. The Balaban J connectivity index is 3.61. The zero-order valence-corrected chi connectivity index (χ0v) is 15.7. The van der Waals surface area contributed by atoms with Gasteiger partial charge in [0, 0.05) is 0 Å². The molecule has 11 heteroatoms. The highest BCUT2D eigenvalue weighted by Gasteiger charge is 2.84. The van der Waals surface area contributed by atoms with Crippen LogP contribution < -0.4 is 0 Å². The second-order valence-electron chi connectivity index (χ2n) is 8.33. The van der Waals surface area contributed by atoms with Crippen molar-refractivity contribution in [3.8, 4) is 0 Å². The zero-order valence-electron chi connectivity index (χ0n) is 15.7. The predicted octanol–water partition coefficient (Wildman–Crippen LogP) is 4.30. The van der Waals surface area contributed by atoms with Gasteiger partial charge in [-0.1, -0.05) is 27.7 Å².